The number of aromatic nitrogens is 2. The molecule has 16 heavy (non-hydrogen) atoms. The molecule has 3 aromatic rings. The Balaban J connectivity index is 0.000000457. The third kappa shape index (κ3) is 1.47. The topological polar surface area (TPSA) is 17.8 Å². The summed E-state index contributed by atoms with van der Waals surface area (Å²) in [6, 6.07) is 10.5. The van der Waals surface area contributed by atoms with Gasteiger partial charge in [0, 0.05) is 35.7 Å². The van der Waals surface area contributed by atoms with Gasteiger partial charge in [0.05, 0.1) is 5.52 Å². The van der Waals surface area contributed by atoms with Crippen molar-refractivity contribution in [3.8, 4) is 0 Å². The van der Waals surface area contributed by atoms with Crippen LogP contribution in [0, 0.1) is 0 Å². The molecule has 0 amide bonds. The van der Waals surface area contributed by atoms with Crippen molar-refractivity contribution in [2.45, 2.75) is 13.8 Å². The van der Waals surface area contributed by atoms with Crippen molar-refractivity contribution >= 4 is 21.8 Å². The van der Waals surface area contributed by atoms with Gasteiger partial charge in [-0.25, -0.2) is 0 Å². The highest BCUT2D eigenvalue weighted by Gasteiger charge is 2.05. The van der Waals surface area contributed by atoms with Crippen molar-refractivity contribution < 1.29 is 0 Å². The Morgan fingerprint density at radius 3 is 2.44 bits per heavy atom. The maximum atomic E-state index is 4.16. The molecule has 0 bridgehead atoms. The highest BCUT2D eigenvalue weighted by Crippen LogP contribution is 2.26. The lowest BCUT2D eigenvalue weighted by molar-refractivity contribution is 1.01. The van der Waals surface area contributed by atoms with Gasteiger partial charge in [0.25, 0.3) is 0 Å². The molecule has 0 radical (unpaired) electrons. The van der Waals surface area contributed by atoms with Crippen LogP contribution in [-0.4, -0.2) is 9.55 Å². The molecule has 2 heterocycles. The molecule has 2 aromatic heterocycles. The number of aryl methyl sites for hydroxylation is 1. The van der Waals surface area contributed by atoms with E-state index >= 15 is 0 Å². The Labute approximate surface area is 95.5 Å². The van der Waals surface area contributed by atoms with Gasteiger partial charge < -0.3 is 4.57 Å². The summed E-state index contributed by atoms with van der Waals surface area (Å²) in [7, 11) is 2.09. The largest absolute Gasteiger partial charge is 0.344 e. The first-order valence-corrected chi connectivity index (χ1v) is 5.65. The van der Waals surface area contributed by atoms with E-state index in [2.05, 4.69) is 46.9 Å². The normalized spacial score (nSPS) is 10.2. The van der Waals surface area contributed by atoms with Crippen LogP contribution in [0.5, 0.6) is 0 Å². The maximum Gasteiger partial charge on any atom is 0.0519 e. The molecule has 2 nitrogen and oxygen atoms in total. The van der Waals surface area contributed by atoms with Crippen LogP contribution in [0.15, 0.2) is 42.7 Å². The highest BCUT2D eigenvalue weighted by atomic mass is 14.9. The van der Waals surface area contributed by atoms with E-state index in [0.717, 1.165) is 0 Å². The molecule has 3 rings (SSSR count). The minimum Gasteiger partial charge on any atom is -0.344 e. The van der Waals surface area contributed by atoms with Crippen LogP contribution >= 0.6 is 0 Å². The van der Waals surface area contributed by atoms with Crippen LogP contribution in [0.2, 0.25) is 0 Å². The zero-order valence-electron chi connectivity index (χ0n) is 9.94. The van der Waals surface area contributed by atoms with E-state index in [0.29, 0.717) is 0 Å². The molecule has 0 saturated heterocycles. The molecule has 0 aliphatic rings. The van der Waals surface area contributed by atoms with Crippen molar-refractivity contribution in [3.63, 3.8) is 0 Å². The van der Waals surface area contributed by atoms with E-state index in [1.165, 1.54) is 21.8 Å². The van der Waals surface area contributed by atoms with Gasteiger partial charge in [-0.1, -0.05) is 32.0 Å². The first kappa shape index (κ1) is 10.7. The number of rotatable bonds is 0. The summed E-state index contributed by atoms with van der Waals surface area (Å²) in [5, 5.41) is 2.50. The summed E-state index contributed by atoms with van der Waals surface area (Å²) < 4.78 is 2.20. The van der Waals surface area contributed by atoms with Gasteiger partial charge in [-0.05, 0) is 12.1 Å². The van der Waals surface area contributed by atoms with Crippen LogP contribution < -0.4 is 0 Å². The number of nitrogens with zero attached hydrogens (tertiary/aromatic N) is 2. The number of hydrogen-bond acceptors (Lipinski definition) is 1. The van der Waals surface area contributed by atoms with Crippen molar-refractivity contribution in [1.29, 1.82) is 0 Å². The Hall–Kier alpha value is -1.83. The van der Waals surface area contributed by atoms with Gasteiger partial charge in [0.1, 0.15) is 0 Å². The summed E-state index contributed by atoms with van der Waals surface area (Å²) in [5.41, 5.74) is 2.50. The minimum absolute atomic E-state index is 1.23. The summed E-state index contributed by atoms with van der Waals surface area (Å²) >= 11 is 0. The lowest BCUT2D eigenvalue weighted by atomic mass is 10.2. The van der Waals surface area contributed by atoms with E-state index in [1.54, 1.807) is 0 Å². The molecule has 0 aliphatic carbocycles. The third-order valence-corrected chi connectivity index (χ3v) is 2.71. The number of para-hydroxylation sites is 1. The Morgan fingerprint density at radius 1 is 0.938 bits per heavy atom. The van der Waals surface area contributed by atoms with Crippen LogP contribution in [-0.2, 0) is 7.05 Å². The van der Waals surface area contributed by atoms with Gasteiger partial charge >= 0.3 is 0 Å². The van der Waals surface area contributed by atoms with Gasteiger partial charge in [0.2, 0.25) is 0 Å². The van der Waals surface area contributed by atoms with Gasteiger partial charge in [-0.3, -0.25) is 4.98 Å². The molecular formula is C14H16N2. The standard InChI is InChI=1S/C12H10N2.C2H6/c1-14-11-5-3-2-4-9(11)10-8-13-7-6-12(10)14;1-2/h2-8H,1H3;1-2H3. The fourth-order valence-corrected chi connectivity index (χ4v) is 2.01. The molecule has 0 fully saturated rings. The average molecular weight is 212 g/mol. The van der Waals surface area contributed by atoms with Gasteiger partial charge in [-0.2, -0.15) is 0 Å². The Kier molecular flexibility index (Phi) is 2.91. The summed E-state index contributed by atoms with van der Waals surface area (Å²) in [4.78, 5) is 4.16. The number of fused-ring (bicyclic) bond motifs is 3. The lowest BCUT2D eigenvalue weighted by Crippen LogP contribution is -1.85. The van der Waals surface area contributed by atoms with Crippen molar-refractivity contribution in [3.05, 3.63) is 42.7 Å². The fourth-order valence-electron chi connectivity index (χ4n) is 2.01. The molecule has 0 spiro atoms. The second-order valence-electron chi connectivity index (χ2n) is 3.47. The average Bonchev–Trinajstić information content (AvgIpc) is 2.67. The van der Waals surface area contributed by atoms with E-state index in [1.807, 2.05) is 26.2 Å². The Bertz CT molecular complexity index is 555. The van der Waals surface area contributed by atoms with Gasteiger partial charge in [-0.15, -0.1) is 0 Å². The second-order valence-corrected chi connectivity index (χ2v) is 3.47. The molecule has 2 heteroatoms. The van der Waals surface area contributed by atoms with E-state index in [4.69, 9.17) is 0 Å². The quantitative estimate of drug-likeness (QED) is 0.555. The smallest absolute Gasteiger partial charge is 0.0519 e. The molecular weight excluding hydrogens is 196 g/mol. The van der Waals surface area contributed by atoms with Crippen LogP contribution in [0.25, 0.3) is 21.8 Å². The molecule has 0 N–H and O–H groups in total. The summed E-state index contributed by atoms with van der Waals surface area (Å²) in [5.74, 6) is 0. The zero-order valence-corrected chi connectivity index (χ0v) is 9.94. The van der Waals surface area contributed by atoms with E-state index in [9.17, 15) is 0 Å². The van der Waals surface area contributed by atoms with Gasteiger partial charge in [0.15, 0.2) is 0 Å². The predicted molar refractivity (Wildman–Crippen MR) is 69.6 cm³/mol. The van der Waals surface area contributed by atoms with Crippen LogP contribution in [0.4, 0.5) is 0 Å². The monoisotopic (exact) mass is 212 g/mol. The van der Waals surface area contributed by atoms with Crippen molar-refractivity contribution in [2.24, 2.45) is 7.05 Å². The third-order valence-electron chi connectivity index (χ3n) is 2.71. The van der Waals surface area contributed by atoms with Crippen LogP contribution in [0.3, 0.4) is 0 Å². The molecule has 1 aromatic carbocycles. The number of pyridine rings is 1. The van der Waals surface area contributed by atoms with E-state index < -0.39 is 0 Å². The Morgan fingerprint density at radius 2 is 1.62 bits per heavy atom. The minimum atomic E-state index is 1.23. The summed E-state index contributed by atoms with van der Waals surface area (Å²) in [6.07, 6.45) is 3.76. The lowest BCUT2D eigenvalue weighted by Gasteiger charge is -1.95. The number of benzene rings is 1. The molecule has 0 unspecified atom stereocenters. The SMILES string of the molecule is CC.Cn1c2ccccc2c2cnccc21. The summed E-state index contributed by atoms with van der Waals surface area (Å²) in [6.45, 7) is 4.00. The van der Waals surface area contributed by atoms with Crippen molar-refractivity contribution in [1.82, 2.24) is 9.55 Å². The predicted octanol–water partition coefficient (Wildman–Crippen LogP) is 3.75. The first-order valence-electron chi connectivity index (χ1n) is 5.65. The van der Waals surface area contributed by atoms with Crippen molar-refractivity contribution in [2.75, 3.05) is 0 Å². The zero-order chi connectivity index (χ0) is 11.5. The fraction of sp³-hybridized carbons (Fsp3) is 0.214. The van der Waals surface area contributed by atoms with Crippen LogP contribution in [0.1, 0.15) is 13.8 Å². The first-order chi connectivity index (χ1) is 7.88. The highest BCUT2D eigenvalue weighted by molar-refractivity contribution is 6.07. The molecule has 0 saturated carbocycles. The molecule has 0 atom stereocenters. The molecule has 82 valence electrons. The number of hydrogen-bond donors (Lipinski definition) is 0. The molecule has 0 aliphatic heterocycles. The maximum absolute atomic E-state index is 4.16. The van der Waals surface area contributed by atoms with E-state index in [-0.39, 0.29) is 0 Å². The second kappa shape index (κ2) is 4.35.